The summed E-state index contributed by atoms with van der Waals surface area (Å²) in [7, 11) is 1.43. The smallest absolute Gasteiger partial charge is 0.329 e. The van der Waals surface area contributed by atoms with Gasteiger partial charge in [-0.2, -0.15) is 0 Å². The van der Waals surface area contributed by atoms with Gasteiger partial charge in [-0.3, -0.25) is 14.3 Å². The summed E-state index contributed by atoms with van der Waals surface area (Å²) >= 11 is 0. The Morgan fingerprint density at radius 1 is 1.25 bits per heavy atom. The summed E-state index contributed by atoms with van der Waals surface area (Å²) in [5, 5.41) is 10.3. The van der Waals surface area contributed by atoms with Crippen molar-refractivity contribution in [3.05, 3.63) is 44.4 Å². The van der Waals surface area contributed by atoms with Crippen LogP contribution in [0.1, 0.15) is 24.4 Å². The highest BCUT2D eigenvalue weighted by Gasteiger charge is 2.41. The molecule has 2 aliphatic carbocycles. The molecule has 0 bridgehead atoms. The number of anilines is 1. The summed E-state index contributed by atoms with van der Waals surface area (Å²) < 4.78 is 22.6. The molecule has 1 aliphatic heterocycles. The van der Waals surface area contributed by atoms with E-state index < -0.39 is 23.2 Å². The number of methoxy groups -OCH3 is 1. The average molecular weight is 387 g/mol. The molecule has 1 saturated carbocycles. The number of fused-ring (bicyclic) bond motifs is 2. The van der Waals surface area contributed by atoms with Crippen LogP contribution in [0.5, 0.6) is 5.75 Å². The molecule has 0 amide bonds. The first-order valence-corrected chi connectivity index (χ1v) is 9.58. The third-order valence-corrected chi connectivity index (χ3v) is 6.33. The van der Waals surface area contributed by atoms with Crippen LogP contribution in [-0.4, -0.2) is 41.0 Å². The normalized spacial score (nSPS) is 26.3. The molecule has 2 aromatic rings. The van der Waals surface area contributed by atoms with Gasteiger partial charge >= 0.3 is 5.69 Å². The third-order valence-electron chi connectivity index (χ3n) is 6.33. The first-order valence-electron chi connectivity index (χ1n) is 9.58. The molecule has 2 fully saturated rings. The highest BCUT2D eigenvalue weighted by atomic mass is 19.1. The van der Waals surface area contributed by atoms with Gasteiger partial charge in [0.2, 0.25) is 0 Å². The van der Waals surface area contributed by atoms with Gasteiger partial charge < -0.3 is 14.7 Å². The lowest BCUT2D eigenvalue weighted by Crippen LogP contribution is -2.32. The lowest BCUT2D eigenvalue weighted by atomic mass is 9.98. The molecular weight excluding hydrogens is 365 g/mol. The second kappa shape index (κ2) is 5.94. The summed E-state index contributed by atoms with van der Waals surface area (Å²) in [4.78, 5) is 29.3. The molecule has 5 rings (SSSR count). The molecule has 0 radical (unpaired) electrons. The van der Waals surface area contributed by atoms with Crippen LogP contribution in [0.25, 0.3) is 10.9 Å². The van der Waals surface area contributed by atoms with E-state index in [4.69, 9.17) is 4.74 Å². The Kier molecular flexibility index (Phi) is 3.71. The highest BCUT2D eigenvalue weighted by molar-refractivity contribution is 5.93. The number of aryl methyl sites for hydroxylation is 1. The maximum atomic E-state index is 15.5. The maximum absolute atomic E-state index is 15.5. The largest absolute Gasteiger partial charge is 0.492 e. The molecule has 28 heavy (non-hydrogen) atoms. The van der Waals surface area contributed by atoms with Crippen LogP contribution in [0.2, 0.25) is 0 Å². The Labute approximate surface area is 160 Å². The standard InChI is InChI=1S/C20H22FN3O4/c1-9-14-16(24(11-4-5-11)20(27)22-19(14)26)18(28-2)17(15(9)21)23-7-10-3-6-13(25)12(10)8-23/h3,6,10-13,25H,4-5,7-8H2,1-2H3,(H,22,26,27). The van der Waals surface area contributed by atoms with Crippen molar-refractivity contribution in [2.24, 2.45) is 11.8 Å². The van der Waals surface area contributed by atoms with Gasteiger partial charge in [-0.05, 0) is 19.8 Å². The molecule has 0 spiro atoms. The van der Waals surface area contributed by atoms with E-state index in [2.05, 4.69) is 4.98 Å². The number of hydrogen-bond donors (Lipinski definition) is 2. The lowest BCUT2D eigenvalue weighted by molar-refractivity contribution is 0.162. The van der Waals surface area contributed by atoms with Crippen molar-refractivity contribution in [2.75, 3.05) is 25.1 Å². The zero-order valence-corrected chi connectivity index (χ0v) is 15.7. The number of H-pyrrole nitrogens is 1. The molecule has 2 N–H and O–H groups in total. The van der Waals surface area contributed by atoms with E-state index in [0.717, 1.165) is 12.8 Å². The van der Waals surface area contributed by atoms with Crippen molar-refractivity contribution in [3.8, 4) is 5.75 Å². The number of aromatic nitrogens is 2. The summed E-state index contributed by atoms with van der Waals surface area (Å²) in [6.07, 6.45) is 4.88. The number of rotatable bonds is 3. The minimum Gasteiger partial charge on any atom is -0.492 e. The van der Waals surface area contributed by atoms with Gasteiger partial charge in [0, 0.05) is 36.5 Å². The number of benzene rings is 1. The van der Waals surface area contributed by atoms with Crippen molar-refractivity contribution in [2.45, 2.75) is 31.9 Å². The molecule has 1 saturated heterocycles. The molecule has 148 valence electrons. The molecule has 1 aromatic carbocycles. The first-order chi connectivity index (χ1) is 13.4. The Morgan fingerprint density at radius 3 is 2.64 bits per heavy atom. The van der Waals surface area contributed by atoms with Crippen molar-refractivity contribution in [1.29, 1.82) is 0 Å². The van der Waals surface area contributed by atoms with E-state index in [1.807, 2.05) is 11.0 Å². The Hall–Kier alpha value is -2.61. The molecule has 3 aliphatic rings. The zero-order valence-electron chi connectivity index (χ0n) is 15.7. The van der Waals surface area contributed by atoms with Crippen LogP contribution in [0.3, 0.4) is 0 Å². The summed E-state index contributed by atoms with van der Waals surface area (Å²) in [6, 6.07) is -0.0128. The van der Waals surface area contributed by atoms with E-state index >= 15 is 4.39 Å². The fourth-order valence-electron chi connectivity index (χ4n) is 4.78. The number of aromatic amines is 1. The van der Waals surface area contributed by atoms with Crippen molar-refractivity contribution in [3.63, 3.8) is 0 Å². The topological polar surface area (TPSA) is 87.6 Å². The quantitative estimate of drug-likeness (QED) is 0.779. The summed E-state index contributed by atoms with van der Waals surface area (Å²) in [5.41, 5.74) is -0.265. The van der Waals surface area contributed by atoms with Gasteiger partial charge in [-0.1, -0.05) is 12.2 Å². The number of aliphatic hydroxyl groups is 1. The second-order valence-electron chi connectivity index (χ2n) is 8.01. The molecule has 2 heterocycles. The van der Waals surface area contributed by atoms with E-state index in [1.54, 1.807) is 13.0 Å². The number of nitrogens with one attached hydrogen (secondary N) is 1. The molecule has 3 unspecified atom stereocenters. The van der Waals surface area contributed by atoms with E-state index in [9.17, 15) is 14.7 Å². The van der Waals surface area contributed by atoms with Gasteiger partial charge in [0.1, 0.15) is 11.2 Å². The number of halogens is 1. The third kappa shape index (κ3) is 2.30. The fraction of sp³-hybridized carbons (Fsp3) is 0.500. The predicted molar refractivity (Wildman–Crippen MR) is 103 cm³/mol. The van der Waals surface area contributed by atoms with Crippen molar-refractivity contribution in [1.82, 2.24) is 9.55 Å². The van der Waals surface area contributed by atoms with Gasteiger partial charge in [0.05, 0.1) is 18.6 Å². The van der Waals surface area contributed by atoms with Crippen LogP contribution in [0.4, 0.5) is 10.1 Å². The van der Waals surface area contributed by atoms with Crippen LogP contribution in [0, 0.1) is 24.6 Å². The average Bonchev–Trinajstić information content (AvgIpc) is 3.30. The number of nitrogens with zero attached hydrogens (tertiary/aromatic N) is 2. The summed E-state index contributed by atoms with van der Waals surface area (Å²) in [5.74, 6) is -0.161. The highest BCUT2D eigenvalue weighted by Crippen LogP contribution is 2.46. The number of hydrogen-bond acceptors (Lipinski definition) is 5. The molecule has 3 atom stereocenters. The van der Waals surface area contributed by atoms with Gasteiger partial charge in [-0.25, -0.2) is 9.18 Å². The van der Waals surface area contributed by atoms with Gasteiger partial charge in [0.15, 0.2) is 11.6 Å². The zero-order chi connectivity index (χ0) is 19.7. The molecular formula is C20H22FN3O4. The van der Waals surface area contributed by atoms with E-state index in [1.165, 1.54) is 11.7 Å². The Balaban J connectivity index is 1.80. The number of ether oxygens (including phenoxy) is 1. The maximum Gasteiger partial charge on any atom is 0.329 e. The first kappa shape index (κ1) is 17.5. The second-order valence-corrected chi connectivity index (χ2v) is 8.01. The molecule has 7 nitrogen and oxygen atoms in total. The van der Waals surface area contributed by atoms with Crippen LogP contribution in [-0.2, 0) is 0 Å². The Bertz CT molecular complexity index is 1130. The van der Waals surface area contributed by atoms with Crippen molar-refractivity contribution >= 4 is 16.6 Å². The monoisotopic (exact) mass is 387 g/mol. The summed E-state index contributed by atoms with van der Waals surface area (Å²) in [6.45, 7) is 2.59. The minimum atomic E-state index is -0.602. The Morgan fingerprint density at radius 2 is 2.00 bits per heavy atom. The SMILES string of the molecule is COc1c(N2CC3C=CC(O)C3C2)c(F)c(C)c2c(=O)[nH]c(=O)n(C3CC3)c12. The minimum absolute atomic E-state index is 0.00455. The predicted octanol–water partition coefficient (Wildman–Crippen LogP) is 1.46. The molecule has 8 heteroatoms. The van der Waals surface area contributed by atoms with Crippen LogP contribution < -0.4 is 20.9 Å². The van der Waals surface area contributed by atoms with E-state index in [0.29, 0.717) is 18.6 Å². The fourth-order valence-corrected chi connectivity index (χ4v) is 4.78. The molecule has 1 aromatic heterocycles. The van der Waals surface area contributed by atoms with Gasteiger partial charge in [-0.15, -0.1) is 0 Å². The van der Waals surface area contributed by atoms with E-state index in [-0.39, 0.29) is 40.3 Å². The van der Waals surface area contributed by atoms with Crippen LogP contribution >= 0.6 is 0 Å². The lowest BCUT2D eigenvalue weighted by Gasteiger charge is -2.26. The number of aliphatic hydroxyl groups excluding tert-OH is 1. The van der Waals surface area contributed by atoms with Gasteiger partial charge in [0.25, 0.3) is 5.56 Å². The van der Waals surface area contributed by atoms with Crippen molar-refractivity contribution < 1.29 is 14.2 Å². The van der Waals surface area contributed by atoms with Crippen LogP contribution in [0.15, 0.2) is 21.7 Å².